The summed E-state index contributed by atoms with van der Waals surface area (Å²) in [6.07, 6.45) is 7.60. The fourth-order valence-electron chi connectivity index (χ4n) is 5.84. The van der Waals surface area contributed by atoms with E-state index in [4.69, 9.17) is 30.4 Å². The molecule has 0 aliphatic carbocycles. The molecule has 4 atom stereocenters. The molecule has 4 heterocycles. The van der Waals surface area contributed by atoms with E-state index in [0.717, 1.165) is 82.7 Å². The highest BCUT2D eigenvalue weighted by Gasteiger charge is 2.34. The van der Waals surface area contributed by atoms with Crippen LogP contribution in [0.25, 0.3) is 0 Å². The van der Waals surface area contributed by atoms with Gasteiger partial charge in [-0.1, -0.05) is 19.9 Å². The van der Waals surface area contributed by atoms with E-state index in [2.05, 4.69) is 26.0 Å². The average molecular weight is 479 g/mol. The van der Waals surface area contributed by atoms with Crippen LogP contribution in [0.5, 0.6) is 0 Å². The van der Waals surface area contributed by atoms with Gasteiger partial charge in [0, 0.05) is 37.1 Å². The minimum Gasteiger partial charge on any atom is -0.398 e. The summed E-state index contributed by atoms with van der Waals surface area (Å²) in [7, 11) is 0. The second-order valence-corrected chi connectivity index (χ2v) is 10.6. The molecule has 4 fully saturated rings. The van der Waals surface area contributed by atoms with E-state index in [1.165, 1.54) is 44.5 Å². The average Bonchev–Trinajstić information content (AvgIpc) is 3.68. The molecule has 6 rings (SSSR count). The summed E-state index contributed by atoms with van der Waals surface area (Å²) in [6.45, 7) is 7.78. The highest BCUT2D eigenvalue weighted by Crippen LogP contribution is 2.40. The van der Waals surface area contributed by atoms with Crippen LogP contribution < -0.4 is 11.5 Å². The predicted molar refractivity (Wildman–Crippen MR) is 137 cm³/mol. The Hall–Kier alpha value is -2.12. The molecule has 35 heavy (non-hydrogen) atoms. The predicted octanol–water partition coefficient (Wildman–Crippen LogP) is 3.33. The molecule has 0 aromatic heterocycles. The van der Waals surface area contributed by atoms with Gasteiger partial charge in [-0.05, 0) is 69.8 Å². The van der Waals surface area contributed by atoms with Crippen molar-refractivity contribution < 1.29 is 18.9 Å². The number of hydrogen-bond donors (Lipinski definition) is 2. The number of epoxide rings is 4. The maximum atomic E-state index is 6.93. The van der Waals surface area contributed by atoms with E-state index in [9.17, 15) is 0 Å². The highest BCUT2D eigenvalue weighted by atomic mass is 16.6. The van der Waals surface area contributed by atoms with Crippen LogP contribution >= 0.6 is 0 Å². The van der Waals surface area contributed by atoms with Gasteiger partial charge in [-0.3, -0.25) is 0 Å². The molecular weight excluding hydrogens is 440 g/mol. The van der Waals surface area contributed by atoms with Crippen molar-refractivity contribution in [2.24, 2.45) is 0 Å². The summed E-state index contributed by atoms with van der Waals surface area (Å²) in [4.78, 5) is 0. The largest absolute Gasteiger partial charge is 0.398 e. The van der Waals surface area contributed by atoms with Crippen LogP contribution in [0.1, 0.15) is 58.4 Å². The fraction of sp³-hybridized carbons (Fsp3) is 0.586. The number of anilines is 2. The number of nitrogens with two attached hydrogens (primary N) is 2. The third-order valence-electron chi connectivity index (χ3n) is 8.08. The van der Waals surface area contributed by atoms with Gasteiger partial charge >= 0.3 is 0 Å². The molecule has 4 unspecified atom stereocenters. The molecule has 6 heteroatoms. The Morgan fingerprint density at radius 2 is 1.06 bits per heavy atom. The van der Waals surface area contributed by atoms with E-state index in [1.807, 2.05) is 0 Å². The summed E-state index contributed by atoms with van der Waals surface area (Å²) in [5, 5.41) is 0. The first-order chi connectivity index (χ1) is 17.1. The van der Waals surface area contributed by atoms with Crippen molar-refractivity contribution in [3.05, 3.63) is 56.6 Å². The van der Waals surface area contributed by atoms with Crippen molar-refractivity contribution in [1.29, 1.82) is 0 Å². The van der Waals surface area contributed by atoms with Crippen molar-refractivity contribution in [2.45, 2.75) is 83.2 Å². The van der Waals surface area contributed by atoms with Gasteiger partial charge in [0.05, 0.1) is 50.8 Å². The maximum absolute atomic E-state index is 6.93. The lowest BCUT2D eigenvalue weighted by atomic mass is 9.80. The van der Waals surface area contributed by atoms with Crippen molar-refractivity contribution in [3.8, 4) is 0 Å². The Morgan fingerprint density at radius 1 is 0.600 bits per heavy atom. The minimum absolute atomic E-state index is 0.289. The molecule has 2 aromatic carbocycles. The van der Waals surface area contributed by atoms with Crippen LogP contribution in [0, 0.1) is 0 Å². The minimum atomic E-state index is 0.289. The Kier molecular flexibility index (Phi) is 6.25. The second-order valence-electron chi connectivity index (χ2n) is 10.6. The number of nitrogen functional groups attached to an aromatic ring is 2. The molecule has 0 amide bonds. The lowest BCUT2D eigenvalue weighted by molar-refractivity contribution is 0.400. The molecule has 0 bridgehead atoms. The van der Waals surface area contributed by atoms with Gasteiger partial charge in [0.15, 0.2) is 0 Å². The van der Waals surface area contributed by atoms with E-state index < -0.39 is 0 Å². The van der Waals surface area contributed by atoms with Crippen LogP contribution in [-0.2, 0) is 63.9 Å². The third-order valence-corrected chi connectivity index (χ3v) is 8.08. The van der Waals surface area contributed by atoms with Gasteiger partial charge in [-0.2, -0.15) is 0 Å². The number of rotatable bonds is 12. The SMILES string of the molecule is CCc1c(N)ccc(Cc2c(CC3CO3)c(CC)c(N)c(CC3CO3)c2CC2CO2)c1CC1CO1. The van der Waals surface area contributed by atoms with Gasteiger partial charge in [-0.15, -0.1) is 0 Å². The quantitative estimate of drug-likeness (QED) is 0.358. The lowest BCUT2D eigenvalue weighted by Crippen LogP contribution is -2.18. The first kappa shape index (κ1) is 23.3. The molecule has 0 radical (unpaired) electrons. The van der Waals surface area contributed by atoms with Crippen LogP contribution in [0.3, 0.4) is 0 Å². The van der Waals surface area contributed by atoms with Crippen molar-refractivity contribution in [3.63, 3.8) is 0 Å². The molecule has 0 saturated carbocycles. The Labute approximate surface area is 208 Å². The first-order valence-corrected chi connectivity index (χ1v) is 13.3. The smallest absolute Gasteiger partial charge is 0.0851 e. The van der Waals surface area contributed by atoms with Gasteiger partial charge in [0.1, 0.15) is 0 Å². The molecular formula is C29H38N2O4. The van der Waals surface area contributed by atoms with Crippen LogP contribution in [0.15, 0.2) is 12.1 Å². The summed E-state index contributed by atoms with van der Waals surface area (Å²) >= 11 is 0. The molecule has 2 aromatic rings. The zero-order valence-electron chi connectivity index (χ0n) is 21.0. The standard InChI is InChI=1S/C29H38N2O4/c1-3-21-23(8-17-12-32-17)16(5-6-28(21)30)7-24-25(9-18-13-33-18)22(4-2)29(31)27(11-20-15-35-20)26(24)10-19-14-34-19/h5-6,17-20H,3-4,7-15,30-31H2,1-2H3. The van der Waals surface area contributed by atoms with Gasteiger partial charge in [0.25, 0.3) is 0 Å². The molecule has 6 nitrogen and oxygen atoms in total. The molecule has 4 aliphatic heterocycles. The van der Waals surface area contributed by atoms with E-state index >= 15 is 0 Å². The van der Waals surface area contributed by atoms with Crippen molar-refractivity contribution in [2.75, 3.05) is 37.9 Å². The molecule has 4 saturated heterocycles. The summed E-state index contributed by atoms with van der Waals surface area (Å²) in [5.74, 6) is 0. The Bertz CT molecular complexity index is 1110. The lowest BCUT2D eigenvalue weighted by Gasteiger charge is -2.26. The van der Waals surface area contributed by atoms with Crippen LogP contribution in [0.2, 0.25) is 0 Å². The zero-order valence-corrected chi connectivity index (χ0v) is 21.0. The molecule has 4 aliphatic rings. The summed E-state index contributed by atoms with van der Waals surface area (Å²) in [5.41, 5.74) is 26.0. The van der Waals surface area contributed by atoms with Gasteiger partial charge in [0.2, 0.25) is 0 Å². The van der Waals surface area contributed by atoms with Gasteiger partial charge in [-0.25, -0.2) is 0 Å². The summed E-state index contributed by atoms with van der Waals surface area (Å²) in [6, 6.07) is 4.34. The first-order valence-electron chi connectivity index (χ1n) is 13.3. The van der Waals surface area contributed by atoms with Crippen molar-refractivity contribution in [1.82, 2.24) is 0 Å². The van der Waals surface area contributed by atoms with E-state index in [0.29, 0.717) is 18.3 Å². The second kappa shape index (κ2) is 9.40. The summed E-state index contributed by atoms with van der Waals surface area (Å²) < 4.78 is 22.7. The van der Waals surface area contributed by atoms with E-state index in [-0.39, 0.29) is 6.10 Å². The van der Waals surface area contributed by atoms with Crippen LogP contribution in [-0.4, -0.2) is 50.8 Å². The maximum Gasteiger partial charge on any atom is 0.0851 e. The molecule has 4 N–H and O–H groups in total. The van der Waals surface area contributed by atoms with Crippen LogP contribution in [0.4, 0.5) is 11.4 Å². The monoisotopic (exact) mass is 478 g/mol. The molecule has 0 spiro atoms. The topological polar surface area (TPSA) is 102 Å². The third kappa shape index (κ3) is 5.08. The Balaban J connectivity index is 1.50. The van der Waals surface area contributed by atoms with E-state index in [1.54, 1.807) is 0 Å². The van der Waals surface area contributed by atoms with Crippen molar-refractivity contribution >= 4 is 11.4 Å². The highest BCUT2D eigenvalue weighted by molar-refractivity contribution is 5.66. The normalized spacial score (nSPS) is 26.1. The fourth-order valence-corrected chi connectivity index (χ4v) is 5.84. The van der Waals surface area contributed by atoms with Gasteiger partial charge < -0.3 is 30.4 Å². The number of benzene rings is 2. The zero-order chi connectivity index (χ0) is 24.1. The molecule has 188 valence electrons. The number of ether oxygens (including phenoxy) is 4. The Morgan fingerprint density at radius 3 is 1.54 bits per heavy atom. The number of hydrogen-bond acceptors (Lipinski definition) is 6.